The van der Waals surface area contributed by atoms with Crippen LogP contribution in [0.5, 0.6) is 0 Å². The van der Waals surface area contributed by atoms with E-state index in [2.05, 4.69) is 14.9 Å². The molecule has 140 valence electrons. The molecule has 1 atom stereocenters. The summed E-state index contributed by atoms with van der Waals surface area (Å²) in [6.07, 6.45) is 9.02. The summed E-state index contributed by atoms with van der Waals surface area (Å²) in [6, 6.07) is 0. The van der Waals surface area contributed by atoms with Gasteiger partial charge in [-0.2, -0.15) is 0 Å². The van der Waals surface area contributed by atoms with E-state index in [0.717, 1.165) is 5.92 Å². The standard InChI is InChI=1S/C18H35N3O2S/c1-2-24(22,23)20-14-16-3-6-18(7-4-16)8-11-21(12-9-18)15-17-5-10-19-13-17/h16-17,19-20H,2-15H2,1H3/t17-/m1/s1. The summed E-state index contributed by atoms with van der Waals surface area (Å²) < 4.78 is 26.0. The van der Waals surface area contributed by atoms with Crippen LogP contribution in [0.25, 0.3) is 0 Å². The highest BCUT2D eigenvalue weighted by atomic mass is 32.2. The van der Waals surface area contributed by atoms with E-state index in [1.54, 1.807) is 6.92 Å². The second-order valence-corrected chi connectivity index (χ2v) is 10.5. The molecule has 0 aromatic rings. The summed E-state index contributed by atoms with van der Waals surface area (Å²) in [5.74, 6) is 1.59. The Bertz CT molecular complexity index is 484. The number of rotatable bonds is 6. The number of hydrogen-bond acceptors (Lipinski definition) is 4. The maximum absolute atomic E-state index is 11.6. The molecule has 0 amide bonds. The molecule has 5 nitrogen and oxygen atoms in total. The molecule has 1 saturated carbocycles. The smallest absolute Gasteiger partial charge is 0.211 e. The fourth-order valence-electron chi connectivity index (χ4n) is 4.79. The van der Waals surface area contributed by atoms with Crippen molar-refractivity contribution in [3.05, 3.63) is 0 Å². The van der Waals surface area contributed by atoms with Gasteiger partial charge in [0, 0.05) is 13.1 Å². The van der Waals surface area contributed by atoms with Crippen molar-refractivity contribution in [1.82, 2.24) is 14.9 Å². The number of likely N-dealkylation sites (tertiary alicyclic amines) is 1. The highest BCUT2D eigenvalue weighted by Crippen LogP contribution is 2.46. The third kappa shape index (κ3) is 4.93. The van der Waals surface area contributed by atoms with Crippen molar-refractivity contribution >= 4 is 10.0 Å². The molecular formula is C18H35N3O2S. The minimum Gasteiger partial charge on any atom is -0.316 e. The largest absolute Gasteiger partial charge is 0.316 e. The molecule has 3 fully saturated rings. The van der Waals surface area contributed by atoms with Crippen LogP contribution in [0.15, 0.2) is 0 Å². The van der Waals surface area contributed by atoms with E-state index < -0.39 is 10.0 Å². The van der Waals surface area contributed by atoms with Crippen molar-refractivity contribution in [2.45, 2.75) is 51.9 Å². The quantitative estimate of drug-likeness (QED) is 0.761. The van der Waals surface area contributed by atoms with E-state index in [1.165, 1.54) is 77.7 Å². The SMILES string of the molecule is CCS(=O)(=O)NCC1CCC2(CC1)CCN(C[C@@H]1CCNC1)CC2. The second-order valence-electron chi connectivity index (χ2n) is 8.35. The fourth-order valence-corrected chi connectivity index (χ4v) is 5.48. The van der Waals surface area contributed by atoms with E-state index in [1.807, 2.05) is 0 Å². The third-order valence-corrected chi connectivity index (χ3v) is 8.10. The van der Waals surface area contributed by atoms with Crippen molar-refractivity contribution in [3.8, 4) is 0 Å². The zero-order valence-electron chi connectivity index (χ0n) is 15.2. The van der Waals surface area contributed by atoms with E-state index in [9.17, 15) is 8.42 Å². The Morgan fingerprint density at radius 3 is 2.38 bits per heavy atom. The van der Waals surface area contributed by atoms with Crippen LogP contribution in [0.1, 0.15) is 51.9 Å². The highest BCUT2D eigenvalue weighted by Gasteiger charge is 2.38. The van der Waals surface area contributed by atoms with Gasteiger partial charge in [0.25, 0.3) is 0 Å². The lowest BCUT2D eigenvalue weighted by Crippen LogP contribution is -2.44. The Morgan fingerprint density at radius 1 is 1.08 bits per heavy atom. The van der Waals surface area contributed by atoms with Crippen LogP contribution in [0.3, 0.4) is 0 Å². The van der Waals surface area contributed by atoms with Crippen LogP contribution in [0, 0.1) is 17.3 Å². The average molecular weight is 358 g/mol. The fraction of sp³-hybridized carbons (Fsp3) is 1.00. The summed E-state index contributed by atoms with van der Waals surface area (Å²) in [4.78, 5) is 2.68. The molecule has 3 rings (SSSR count). The minimum absolute atomic E-state index is 0.190. The van der Waals surface area contributed by atoms with Gasteiger partial charge in [0.15, 0.2) is 0 Å². The first-order valence-corrected chi connectivity index (χ1v) is 11.6. The van der Waals surface area contributed by atoms with Gasteiger partial charge in [-0.05, 0) is 95.3 Å². The van der Waals surface area contributed by atoms with E-state index >= 15 is 0 Å². The van der Waals surface area contributed by atoms with Gasteiger partial charge in [0.05, 0.1) is 5.75 Å². The molecule has 0 aromatic carbocycles. The Balaban J connectivity index is 1.38. The van der Waals surface area contributed by atoms with Crippen LogP contribution < -0.4 is 10.0 Å². The first-order chi connectivity index (χ1) is 11.5. The third-order valence-electron chi connectivity index (χ3n) is 6.73. The molecule has 0 aromatic heterocycles. The monoisotopic (exact) mass is 357 g/mol. The maximum atomic E-state index is 11.6. The summed E-state index contributed by atoms with van der Waals surface area (Å²) in [5, 5.41) is 3.47. The van der Waals surface area contributed by atoms with Crippen molar-refractivity contribution in [2.75, 3.05) is 45.0 Å². The van der Waals surface area contributed by atoms with Crippen LogP contribution in [-0.2, 0) is 10.0 Å². The van der Waals surface area contributed by atoms with E-state index in [4.69, 9.17) is 0 Å². The maximum Gasteiger partial charge on any atom is 0.211 e. The molecular weight excluding hydrogens is 322 g/mol. The number of sulfonamides is 1. The molecule has 0 radical (unpaired) electrons. The van der Waals surface area contributed by atoms with Crippen LogP contribution in [0.4, 0.5) is 0 Å². The molecule has 1 aliphatic carbocycles. The Hall–Kier alpha value is -0.170. The Morgan fingerprint density at radius 2 is 1.79 bits per heavy atom. The Kier molecular flexibility index (Phi) is 6.22. The molecule has 3 aliphatic rings. The minimum atomic E-state index is -3.03. The molecule has 6 heteroatoms. The average Bonchev–Trinajstić information content (AvgIpc) is 3.10. The normalized spacial score (nSPS) is 29.3. The molecule has 2 N–H and O–H groups in total. The van der Waals surface area contributed by atoms with Gasteiger partial charge in [-0.1, -0.05) is 0 Å². The highest BCUT2D eigenvalue weighted by molar-refractivity contribution is 7.89. The van der Waals surface area contributed by atoms with Crippen LogP contribution >= 0.6 is 0 Å². The molecule has 2 saturated heterocycles. The summed E-state index contributed by atoms with van der Waals surface area (Å²) in [7, 11) is -3.03. The van der Waals surface area contributed by atoms with E-state index in [0.29, 0.717) is 17.9 Å². The molecule has 2 heterocycles. The zero-order valence-corrected chi connectivity index (χ0v) is 16.0. The van der Waals surface area contributed by atoms with Crippen LogP contribution in [-0.4, -0.2) is 58.3 Å². The Labute approximate surface area is 148 Å². The molecule has 0 unspecified atom stereocenters. The van der Waals surface area contributed by atoms with Crippen molar-refractivity contribution in [2.24, 2.45) is 17.3 Å². The van der Waals surface area contributed by atoms with Gasteiger partial charge in [0.2, 0.25) is 10.0 Å². The summed E-state index contributed by atoms with van der Waals surface area (Å²) >= 11 is 0. The number of nitrogens with zero attached hydrogens (tertiary/aromatic N) is 1. The zero-order chi connectivity index (χ0) is 17.0. The molecule has 2 aliphatic heterocycles. The first-order valence-electron chi connectivity index (χ1n) is 9.91. The van der Waals surface area contributed by atoms with Crippen molar-refractivity contribution < 1.29 is 8.42 Å². The summed E-state index contributed by atoms with van der Waals surface area (Å²) in [6.45, 7) is 8.57. The lowest BCUT2D eigenvalue weighted by molar-refractivity contribution is 0.0474. The molecule has 24 heavy (non-hydrogen) atoms. The van der Waals surface area contributed by atoms with Gasteiger partial charge in [-0.15, -0.1) is 0 Å². The lowest BCUT2D eigenvalue weighted by Gasteiger charge is -2.46. The van der Waals surface area contributed by atoms with Gasteiger partial charge < -0.3 is 10.2 Å². The predicted molar refractivity (Wildman–Crippen MR) is 98.5 cm³/mol. The molecule has 1 spiro atoms. The van der Waals surface area contributed by atoms with Gasteiger partial charge in [0.1, 0.15) is 0 Å². The summed E-state index contributed by atoms with van der Waals surface area (Å²) in [5.41, 5.74) is 0.560. The molecule has 0 bridgehead atoms. The first kappa shape index (κ1) is 18.6. The van der Waals surface area contributed by atoms with Gasteiger partial charge in [-0.3, -0.25) is 0 Å². The van der Waals surface area contributed by atoms with Gasteiger partial charge >= 0.3 is 0 Å². The van der Waals surface area contributed by atoms with Gasteiger partial charge in [-0.25, -0.2) is 13.1 Å². The number of hydrogen-bond donors (Lipinski definition) is 2. The van der Waals surface area contributed by atoms with Crippen molar-refractivity contribution in [1.29, 1.82) is 0 Å². The lowest BCUT2D eigenvalue weighted by atomic mass is 9.65. The van der Waals surface area contributed by atoms with E-state index in [-0.39, 0.29) is 5.75 Å². The topological polar surface area (TPSA) is 61.4 Å². The second kappa shape index (κ2) is 8.02. The predicted octanol–water partition coefficient (Wildman–Crippen LogP) is 1.81. The van der Waals surface area contributed by atoms with Crippen molar-refractivity contribution in [3.63, 3.8) is 0 Å². The van der Waals surface area contributed by atoms with Crippen LogP contribution in [0.2, 0.25) is 0 Å². The number of piperidine rings is 1. The number of nitrogens with one attached hydrogen (secondary N) is 2.